The third-order valence-corrected chi connectivity index (χ3v) is 7.68. The van der Waals surface area contributed by atoms with E-state index in [0.29, 0.717) is 5.56 Å². The monoisotopic (exact) mass is 410 g/mol. The normalized spacial score (nSPS) is 15.4. The zero-order chi connectivity index (χ0) is 20.6. The SMILES string of the molecule is Cc1ccc(S(=O)(=O)N(Cc2cc3ccc(C)cc3[nH]c2=O)C2CCCC2)cc1. The Morgan fingerprint density at radius 3 is 2.31 bits per heavy atom. The molecule has 29 heavy (non-hydrogen) atoms. The topological polar surface area (TPSA) is 70.2 Å². The first-order chi connectivity index (χ1) is 13.8. The molecule has 1 aromatic heterocycles. The summed E-state index contributed by atoms with van der Waals surface area (Å²) in [6, 6.07) is 14.5. The van der Waals surface area contributed by atoms with Gasteiger partial charge in [0.1, 0.15) is 0 Å². The van der Waals surface area contributed by atoms with E-state index < -0.39 is 10.0 Å². The summed E-state index contributed by atoms with van der Waals surface area (Å²) in [6.07, 6.45) is 3.68. The highest BCUT2D eigenvalue weighted by Crippen LogP contribution is 2.30. The molecule has 1 heterocycles. The molecule has 0 unspecified atom stereocenters. The van der Waals surface area contributed by atoms with Crippen LogP contribution in [0.1, 0.15) is 42.4 Å². The van der Waals surface area contributed by atoms with Gasteiger partial charge in [-0.1, -0.05) is 42.7 Å². The average molecular weight is 411 g/mol. The van der Waals surface area contributed by atoms with Crippen molar-refractivity contribution in [3.05, 3.63) is 75.6 Å². The van der Waals surface area contributed by atoms with E-state index in [2.05, 4.69) is 4.98 Å². The third kappa shape index (κ3) is 4.00. The van der Waals surface area contributed by atoms with E-state index in [9.17, 15) is 13.2 Å². The molecule has 3 aromatic rings. The van der Waals surface area contributed by atoms with E-state index in [0.717, 1.165) is 47.7 Å². The second-order valence-electron chi connectivity index (χ2n) is 8.02. The molecule has 152 valence electrons. The summed E-state index contributed by atoms with van der Waals surface area (Å²) in [5, 5.41) is 0.907. The zero-order valence-electron chi connectivity index (χ0n) is 16.8. The Labute approximate surface area is 171 Å². The van der Waals surface area contributed by atoms with Gasteiger partial charge in [-0.25, -0.2) is 8.42 Å². The molecule has 0 radical (unpaired) electrons. The summed E-state index contributed by atoms with van der Waals surface area (Å²) in [6.45, 7) is 3.99. The maximum Gasteiger partial charge on any atom is 0.252 e. The highest BCUT2D eigenvalue weighted by Gasteiger charge is 2.33. The van der Waals surface area contributed by atoms with Gasteiger partial charge in [-0.15, -0.1) is 0 Å². The summed E-state index contributed by atoms with van der Waals surface area (Å²) in [7, 11) is -3.70. The maximum absolute atomic E-state index is 13.5. The Hall–Kier alpha value is -2.44. The van der Waals surface area contributed by atoms with E-state index in [1.165, 1.54) is 4.31 Å². The van der Waals surface area contributed by atoms with Crippen LogP contribution in [-0.4, -0.2) is 23.7 Å². The minimum atomic E-state index is -3.70. The molecule has 0 aliphatic heterocycles. The van der Waals surface area contributed by atoms with Crippen LogP contribution in [0.5, 0.6) is 0 Å². The van der Waals surface area contributed by atoms with Crippen molar-refractivity contribution < 1.29 is 8.42 Å². The van der Waals surface area contributed by atoms with Gasteiger partial charge in [-0.05, 0) is 61.9 Å². The van der Waals surface area contributed by atoms with E-state index in [1.54, 1.807) is 12.1 Å². The minimum Gasteiger partial charge on any atom is -0.322 e. The van der Waals surface area contributed by atoms with Crippen molar-refractivity contribution in [1.29, 1.82) is 0 Å². The molecule has 0 saturated heterocycles. The van der Waals surface area contributed by atoms with E-state index in [4.69, 9.17) is 0 Å². The highest BCUT2D eigenvalue weighted by molar-refractivity contribution is 7.89. The molecule has 2 aromatic carbocycles. The number of H-pyrrole nitrogens is 1. The van der Waals surface area contributed by atoms with Crippen molar-refractivity contribution in [2.24, 2.45) is 0 Å². The number of aromatic nitrogens is 1. The van der Waals surface area contributed by atoms with Gasteiger partial charge in [0.15, 0.2) is 0 Å². The second-order valence-corrected chi connectivity index (χ2v) is 9.91. The lowest BCUT2D eigenvalue weighted by Gasteiger charge is -2.28. The van der Waals surface area contributed by atoms with Crippen molar-refractivity contribution in [2.75, 3.05) is 0 Å². The Balaban J connectivity index is 1.76. The number of hydrogen-bond donors (Lipinski definition) is 1. The number of nitrogens with zero attached hydrogens (tertiary/aromatic N) is 1. The van der Waals surface area contributed by atoms with Crippen molar-refractivity contribution in [2.45, 2.75) is 57.0 Å². The zero-order valence-corrected chi connectivity index (χ0v) is 17.6. The van der Waals surface area contributed by atoms with E-state index >= 15 is 0 Å². The third-order valence-electron chi connectivity index (χ3n) is 5.76. The first-order valence-electron chi connectivity index (χ1n) is 10.1. The van der Waals surface area contributed by atoms with Crippen molar-refractivity contribution in [3.8, 4) is 0 Å². The van der Waals surface area contributed by atoms with Crippen LogP contribution >= 0.6 is 0 Å². The number of pyridine rings is 1. The van der Waals surface area contributed by atoms with Gasteiger partial charge in [0.25, 0.3) is 5.56 Å². The summed E-state index contributed by atoms with van der Waals surface area (Å²) in [5.74, 6) is 0. The summed E-state index contributed by atoms with van der Waals surface area (Å²) < 4.78 is 28.5. The number of rotatable bonds is 5. The average Bonchev–Trinajstić information content (AvgIpc) is 3.20. The number of fused-ring (bicyclic) bond motifs is 1. The smallest absolute Gasteiger partial charge is 0.252 e. The molecule has 1 fully saturated rings. The predicted molar refractivity (Wildman–Crippen MR) is 115 cm³/mol. The largest absolute Gasteiger partial charge is 0.322 e. The lowest BCUT2D eigenvalue weighted by atomic mass is 10.1. The highest BCUT2D eigenvalue weighted by atomic mass is 32.2. The van der Waals surface area contributed by atoms with Gasteiger partial charge in [-0.2, -0.15) is 4.31 Å². The van der Waals surface area contributed by atoms with Crippen LogP contribution in [0.3, 0.4) is 0 Å². The van der Waals surface area contributed by atoms with Crippen LogP contribution in [0.25, 0.3) is 10.9 Å². The van der Waals surface area contributed by atoms with Crippen LogP contribution in [0.15, 0.2) is 58.2 Å². The van der Waals surface area contributed by atoms with Gasteiger partial charge in [-0.3, -0.25) is 4.79 Å². The molecule has 0 amide bonds. The Morgan fingerprint density at radius 2 is 1.62 bits per heavy atom. The molecule has 5 nitrogen and oxygen atoms in total. The molecule has 1 aliphatic carbocycles. The number of aryl methyl sites for hydroxylation is 2. The van der Waals surface area contributed by atoms with Crippen LogP contribution in [0.4, 0.5) is 0 Å². The van der Waals surface area contributed by atoms with Crippen molar-refractivity contribution in [1.82, 2.24) is 9.29 Å². The number of benzene rings is 2. The number of nitrogens with one attached hydrogen (secondary N) is 1. The van der Waals surface area contributed by atoms with Crippen LogP contribution in [0, 0.1) is 13.8 Å². The van der Waals surface area contributed by atoms with Gasteiger partial charge < -0.3 is 4.98 Å². The van der Waals surface area contributed by atoms with Gasteiger partial charge in [0.05, 0.1) is 4.90 Å². The predicted octanol–water partition coefficient (Wildman–Crippen LogP) is 4.28. The fraction of sp³-hybridized carbons (Fsp3) is 0.348. The maximum atomic E-state index is 13.5. The molecular formula is C23H26N2O3S. The van der Waals surface area contributed by atoms with E-state index in [1.807, 2.05) is 50.2 Å². The first-order valence-corrected chi connectivity index (χ1v) is 11.5. The van der Waals surface area contributed by atoms with Crippen LogP contribution in [0.2, 0.25) is 0 Å². The first kappa shape index (κ1) is 19.9. The Bertz CT molecular complexity index is 1190. The molecule has 1 N–H and O–H groups in total. The molecule has 6 heteroatoms. The number of aromatic amines is 1. The molecule has 0 atom stereocenters. The molecule has 0 bridgehead atoms. The molecule has 1 aliphatic rings. The van der Waals surface area contributed by atoms with Crippen LogP contribution in [-0.2, 0) is 16.6 Å². The quantitative estimate of drug-likeness (QED) is 0.683. The van der Waals surface area contributed by atoms with Crippen molar-refractivity contribution in [3.63, 3.8) is 0 Å². The minimum absolute atomic E-state index is 0.0746. The Kier molecular flexibility index (Phi) is 5.32. The lowest BCUT2D eigenvalue weighted by molar-refractivity contribution is 0.315. The van der Waals surface area contributed by atoms with Gasteiger partial charge >= 0.3 is 0 Å². The molecule has 1 saturated carbocycles. The van der Waals surface area contributed by atoms with Crippen LogP contribution < -0.4 is 5.56 Å². The number of hydrogen-bond acceptors (Lipinski definition) is 3. The molecule has 0 spiro atoms. The van der Waals surface area contributed by atoms with E-state index in [-0.39, 0.29) is 23.0 Å². The van der Waals surface area contributed by atoms with Gasteiger partial charge in [0, 0.05) is 23.7 Å². The Morgan fingerprint density at radius 1 is 0.966 bits per heavy atom. The molecular weight excluding hydrogens is 384 g/mol. The summed E-state index contributed by atoms with van der Waals surface area (Å²) >= 11 is 0. The number of sulfonamides is 1. The van der Waals surface area contributed by atoms with Gasteiger partial charge in [0.2, 0.25) is 10.0 Å². The van der Waals surface area contributed by atoms with Crippen molar-refractivity contribution >= 4 is 20.9 Å². The standard InChI is InChI=1S/C23H26N2O3S/c1-16-8-11-21(12-9-16)29(27,28)25(20-5-3-4-6-20)15-19-14-18-10-7-17(2)13-22(18)24-23(19)26/h7-14,20H,3-6,15H2,1-2H3,(H,24,26). The second kappa shape index (κ2) is 7.76. The fourth-order valence-corrected chi connectivity index (χ4v) is 5.76. The lowest BCUT2D eigenvalue weighted by Crippen LogP contribution is -2.39. The summed E-state index contributed by atoms with van der Waals surface area (Å²) in [5.41, 5.74) is 3.09. The fourth-order valence-electron chi connectivity index (χ4n) is 4.09. The summed E-state index contributed by atoms with van der Waals surface area (Å²) in [4.78, 5) is 15.9. The molecule has 4 rings (SSSR count).